The van der Waals surface area contributed by atoms with Crippen LogP contribution in [0.1, 0.15) is 27.2 Å². The van der Waals surface area contributed by atoms with Crippen molar-refractivity contribution in [3.8, 4) is 0 Å². The van der Waals surface area contributed by atoms with Gasteiger partial charge in [0.1, 0.15) is 0 Å². The third-order valence-corrected chi connectivity index (χ3v) is 1.27. The highest BCUT2D eigenvalue weighted by Gasteiger charge is 2.01. The zero-order valence-electron chi connectivity index (χ0n) is 7.92. The van der Waals surface area contributed by atoms with Crippen LogP contribution in [0.5, 0.6) is 0 Å². The summed E-state index contributed by atoms with van der Waals surface area (Å²) in [6.45, 7) is 6.00. The number of hydrogen-bond donors (Lipinski definition) is 3. The summed E-state index contributed by atoms with van der Waals surface area (Å²) in [5.74, 6) is 0. The van der Waals surface area contributed by atoms with Gasteiger partial charge < -0.3 is 15.7 Å². The number of carbonyl (C=O) groups excluding carboxylic acids is 1. The molecule has 0 bridgehead atoms. The van der Waals surface area contributed by atoms with Crippen molar-refractivity contribution in [3.63, 3.8) is 0 Å². The molecule has 0 aromatic heterocycles. The number of nitrogens with one attached hydrogen (secondary N) is 2. The lowest BCUT2D eigenvalue weighted by atomic mass is 10.3. The van der Waals surface area contributed by atoms with Gasteiger partial charge in [-0.2, -0.15) is 0 Å². The maximum Gasteiger partial charge on any atom is 0.314 e. The predicted octanol–water partition coefficient (Wildman–Crippen LogP) is 0.465. The van der Waals surface area contributed by atoms with E-state index < -0.39 is 0 Å². The number of carbonyl (C=O) groups is 1. The van der Waals surface area contributed by atoms with E-state index in [1.807, 2.05) is 13.8 Å². The Morgan fingerprint density at radius 3 is 2.42 bits per heavy atom. The number of hydrogen-bond acceptors (Lipinski definition) is 2. The molecule has 0 saturated heterocycles. The van der Waals surface area contributed by atoms with Gasteiger partial charge in [0.25, 0.3) is 0 Å². The summed E-state index contributed by atoms with van der Waals surface area (Å²) in [6, 6.07) is -0.0257. The summed E-state index contributed by atoms with van der Waals surface area (Å²) in [5, 5.41) is 14.2. The normalized spacial score (nSPS) is 12.8. The minimum atomic E-state index is -0.357. The highest BCUT2D eigenvalue weighted by molar-refractivity contribution is 5.73. The summed E-state index contributed by atoms with van der Waals surface area (Å²) >= 11 is 0. The molecule has 0 fully saturated rings. The second kappa shape index (κ2) is 5.83. The largest absolute Gasteiger partial charge is 0.393 e. The Balaban J connectivity index is 3.32. The number of aliphatic hydroxyl groups is 1. The van der Waals surface area contributed by atoms with E-state index in [4.69, 9.17) is 5.11 Å². The molecule has 0 aromatic carbocycles. The van der Waals surface area contributed by atoms with Gasteiger partial charge in [-0.3, -0.25) is 0 Å². The van der Waals surface area contributed by atoms with Crippen molar-refractivity contribution in [3.05, 3.63) is 0 Å². The first kappa shape index (κ1) is 11.2. The summed E-state index contributed by atoms with van der Waals surface area (Å²) < 4.78 is 0. The van der Waals surface area contributed by atoms with Crippen molar-refractivity contribution < 1.29 is 9.90 Å². The molecule has 2 amide bonds. The van der Waals surface area contributed by atoms with E-state index in [9.17, 15) is 4.79 Å². The first-order valence-corrected chi connectivity index (χ1v) is 4.24. The average Bonchev–Trinajstić information content (AvgIpc) is 1.84. The van der Waals surface area contributed by atoms with Crippen LogP contribution >= 0.6 is 0 Å². The molecule has 0 aromatic rings. The third-order valence-electron chi connectivity index (χ3n) is 1.27. The van der Waals surface area contributed by atoms with Crippen LogP contribution in [0, 0.1) is 0 Å². The van der Waals surface area contributed by atoms with Gasteiger partial charge in [0.05, 0.1) is 6.10 Å². The van der Waals surface area contributed by atoms with Crippen molar-refractivity contribution in [2.45, 2.75) is 39.3 Å². The van der Waals surface area contributed by atoms with Crippen LogP contribution in [-0.4, -0.2) is 29.8 Å². The Bertz CT molecular complexity index is 135. The van der Waals surface area contributed by atoms with Crippen LogP contribution in [0.15, 0.2) is 0 Å². The number of urea groups is 1. The molecule has 0 aliphatic rings. The lowest BCUT2D eigenvalue weighted by Gasteiger charge is -2.10. The lowest BCUT2D eigenvalue weighted by molar-refractivity contribution is 0.183. The second-order valence-corrected chi connectivity index (χ2v) is 3.19. The van der Waals surface area contributed by atoms with E-state index in [0.717, 1.165) is 0 Å². The topological polar surface area (TPSA) is 61.4 Å². The molecular weight excluding hydrogens is 156 g/mol. The monoisotopic (exact) mass is 174 g/mol. The van der Waals surface area contributed by atoms with Gasteiger partial charge in [-0.1, -0.05) is 0 Å². The molecule has 1 unspecified atom stereocenters. The average molecular weight is 174 g/mol. The number of aliphatic hydroxyl groups excluding tert-OH is 1. The molecule has 0 spiro atoms. The lowest BCUT2D eigenvalue weighted by Crippen LogP contribution is -2.40. The Hall–Kier alpha value is -0.770. The van der Waals surface area contributed by atoms with E-state index in [0.29, 0.717) is 13.0 Å². The van der Waals surface area contributed by atoms with Crippen molar-refractivity contribution in [1.29, 1.82) is 0 Å². The van der Waals surface area contributed by atoms with Crippen LogP contribution in [0.2, 0.25) is 0 Å². The van der Waals surface area contributed by atoms with Crippen LogP contribution in [-0.2, 0) is 0 Å². The molecule has 0 saturated carbocycles. The Morgan fingerprint density at radius 1 is 1.42 bits per heavy atom. The standard InChI is InChI=1S/C8H18N2O2/c1-6(2)10-8(12)9-5-4-7(3)11/h6-7,11H,4-5H2,1-3H3,(H2,9,10,12). The van der Waals surface area contributed by atoms with Crippen LogP contribution < -0.4 is 10.6 Å². The van der Waals surface area contributed by atoms with Crippen molar-refractivity contribution in [1.82, 2.24) is 10.6 Å². The van der Waals surface area contributed by atoms with Gasteiger partial charge in [-0.05, 0) is 27.2 Å². The summed E-state index contributed by atoms with van der Waals surface area (Å²) in [6.07, 6.45) is 0.232. The second-order valence-electron chi connectivity index (χ2n) is 3.19. The first-order chi connectivity index (χ1) is 5.52. The fourth-order valence-electron chi connectivity index (χ4n) is 0.708. The summed E-state index contributed by atoms with van der Waals surface area (Å²) in [7, 11) is 0. The van der Waals surface area contributed by atoms with E-state index in [-0.39, 0.29) is 18.2 Å². The van der Waals surface area contributed by atoms with Crippen LogP contribution in [0.3, 0.4) is 0 Å². The quantitative estimate of drug-likeness (QED) is 0.580. The zero-order valence-corrected chi connectivity index (χ0v) is 7.92. The summed E-state index contributed by atoms with van der Waals surface area (Å²) in [4.78, 5) is 10.9. The molecular formula is C8H18N2O2. The van der Waals surface area contributed by atoms with Crippen molar-refractivity contribution in [2.24, 2.45) is 0 Å². The molecule has 0 rings (SSSR count). The van der Waals surface area contributed by atoms with Gasteiger partial charge in [-0.25, -0.2) is 4.79 Å². The maximum atomic E-state index is 10.9. The van der Waals surface area contributed by atoms with E-state index in [2.05, 4.69) is 10.6 Å². The SMILES string of the molecule is CC(O)CCNC(=O)NC(C)C. The first-order valence-electron chi connectivity index (χ1n) is 4.24. The van der Waals surface area contributed by atoms with Crippen LogP contribution in [0.25, 0.3) is 0 Å². The molecule has 0 aliphatic carbocycles. The Morgan fingerprint density at radius 2 is 2.00 bits per heavy atom. The van der Waals surface area contributed by atoms with Gasteiger partial charge in [0.2, 0.25) is 0 Å². The Labute approximate surface area is 73.3 Å². The molecule has 0 heterocycles. The van der Waals surface area contributed by atoms with E-state index in [1.165, 1.54) is 0 Å². The number of amides is 2. The zero-order chi connectivity index (χ0) is 9.56. The number of rotatable bonds is 4. The van der Waals surface area contributed by atoms with Crippen LogP contribution in [0.4, 0.5) is 4.79 Å². The minimum absolute atomic E-state index is 0.150. The molecule has 12 heavy (non-hydrogen) atoms. The van der Waals surface area contributed by atoms with Gasteiger partial charge >= 0.3 is 6.03 Å². The molecule has 72 valence electrons. The molecule has 0 aliphatic heterocycles. The van der Waals surface area contributed by atoms with E-state index in [1.54, 1.807) is 6.92 Å². The predicted molar refractivity (Wildman–Crippen MR) is 48.0 cm³/mol. The van der Waals surface area contributed by atoms with Gasteiger partial charge in [0.15, 0.2) is 0 Å². The fraction of sp³-hybridized carbons (Fsp3) is 0.875. The maximum absolute atomic E-state index is 10.9. The fourth-order valence-corrected chi connectivity index (χ4v) is 0.708. The van der Waals surface area contributed by atoms with E-state index >= 15 is 0 Å². The third kappa shape index (κ3) is 7.34. The molecule has 0 radical (unpaired) electrons. The molecule has 3 N–H and O–H groups in total. The summed E-state index contributed by atoms with van der Waals surface area (Å²) in [5.41, 5.74) is 0. The Kier molecular flexibility index (Phi) is 5.45. The highest BCUT2D eigenvalue weighted by atomic mass is 16.3. The minimum Gasteiger partial charge on any atom is -0.393 e. The molecule has 4 heteroatoms. The smallest absolute Gasteiger partial charge is 0.314 e. The van der Waals surface area contributed by atoms with Crippen molar-refractivity contribution in [2.75, 3.05) is 6.54 Å². The highest BCUT2D eigenvalue weighted by Crippen LogP contribution is 1.85. The van der Waals surface area contributed by atoms with Crippen molar-refractivity contribution >= 4 is 6.03 Å². The van der Waals surface area contributed by atoms with Gasteiger partial charge in [-0.15, -0.1) is 0 Å². The molecule has 4 nitrogen and oxygen atoms in total. The molecule has 1 atom stereocenters. The van der Waals surface area contributed by atoms with Gasteiger partial charge in [0, 0.05) is 12.6 Å².